The van der Waals surface area contributed by atoms with Gasteiger partial charge in [-0.15, -0.1) is 0 Å². The van der Waals surface area contributed by atoms with Crippen molar-refractivity contribution in [1.82, 2.24) is 0 Å². The van der Waals surface area contributed by atoms with Crippen LogP contribution in [0.1, 0.15) is 25.3 Å². The molecule has 0 saturated heterocycles. The molecule has 0 aliphatic rings. The highest BCUT2D eigenvalue weighted by atomic mass is 35.5. The summed E-state index contributed by atoms with van der Waals surface area (Å²) < 4.78 is 0.687. The number of hydrogen-bond acceptors (Lipinski definition) is 3. The zero-order valence-corrected chi connectivity index (χ0v) is 15.5. The summed E-state index contributed by atoms with van der Waals surface area (Å²) >= 11 is 6.08. The lowest BCUT2D eigenvalue weighted by Gasteiger charge is -2.39. The van der Waals surface area contributed by atoms with Crippen LogP contribution >= 0.6 is 11.6 Å². The molecule has 0 aliphatic heterocycles. The Morgan fingerprint density at radius 3 is 2.42 bits per heavy atom. The summed E-state index contributed by atoms with van der Waals surface area (Å²) in [4.78, 5) is 0. The molecule has 1 aromatic carbocycles. The van der Waals surface area contributed by atoms with Crippen LogP contribution in [-0.2, 0) is 6.42 Å². The maximum atomic E-state index is 9.45. The third-order valence-corrected chi connectivity index (χ3v) is 4.93. The molecule has 136 valence electrons. The van der Waals surface area contributed by atoms with Crippen molar-refractivity contribution >= 4 is 17.3 Å². The summed E-state index contributed by atoms with van der Waals surface area (Å²) in [5.74, 6) is 0.503. The molecule has 0 spiro atoms. The fraction of sp³-hybridized carbons (Fsp3) is 0.579. The fourth-order valence-electron chi connectivity index (χ4n) is 3.41. The molecule has 0 fully saturated rings. The molecular formula is C19H32ClN2O2+. The average molecular weight is 356 g/mol. The van der Waals surface area contributed by atoms with Gasteiger partial charge in [-0.2, -0.15) is 0 Å². The second kappa shape index (κ2) is 10.7. The molecule has 0 bridgehead atoms. The van der Waals surface area contributed by atoms with Crippen LogP contribution in [0.2, 0.25) is 5.02 Å². The van der Waals surface area contributed by atoms with Crippen LogP contribution in [0.5, 0.6) is 0 Å². The van der Waals surface area contributed by atoms with Gasteiger partial charge in [0, 0.05) is 16.6 Å². The summed E-state index contributed by atoms with van der Waals surface area (Å²) in [5.41, 5.74) is 7.72. The first-order valence-electron chi connectivity index (χ1n) is 8.71. The van der Waals surface area contributed by atoms with E-state index in [2.05, 4.69) is 13.5 Å². The molecule has 0 aromatic heterocycles. The lowest BCUT2D eigenvalue weighted by Crippen LogP contribution is -2.54. The Bertz CT molecular complexity index is 482. The zero-order valence-electron chi connectivity index (χ0n) is 14.8. The lowest BCUT2D eigenvalue weighted by molar-refractivity contribution is -0.926. The van der Waals surface area contributed by atoms with Gasteiger partial charge in [-0.25, -0.2) is 0 Å². The summed E-state index contributed by atoms with van der Waals surface area (Å²) in [6.45, 7) is 9.27. The van der Waals surface area contributed by atoms with Gasteiger partial charge in [0.2, 0.25) is 0 Å². The quantitative estimate of drug-likeness (QED) is 0.307. The van der Waals surface area contributed by atoms with Crippen molar-refractivity contribution in [2.75, 3.05) is 45.1 Å². The number of nitrogens with two attached hydrogens (primary N) is 1. The fourth-order valence-corrected chi connectivity index (χ4v) is 3.68. The molecule has 1 aromatic rings. The molecule has 0 heterocycles. The van der Waals surface area contributed by atoms with Crippen LogP contribution in [0.3, 0.4) is 0 Å². The normalized spacial score (nSPS) is 13.0. The minimum atomic E-state index is 0.120. The molecule has 1 atom stereocenters. The number of rotatable bonds is 12. The zero-order chi connectivity index (χ0) is 18.0. The number of nitrogens with zero attached hydrogens (tertiary/aromatic N) is 1. The van der Waals surface area contributed by atoms with E-state index in [1.165, 1.54) is 0 Å². The molecule has 5 heteroatoms. The molecule has 0 amide bonds. The van der Waals surface area contributed by atoms with Gasteiger partial charge in [-0.05, 0) is 49.1 Å². The van der Waals surface area contributed by atoms with E-state index < -0.39 is 0 Å². The van der Waals surface area contributed by atoms with E-state index in [9.17, 15) is 10.2 Å². The number of aryl methyl sites for hydroxylation is 1. The first-order chi connectivity index (χ1) is 11.5. The Balaban J connectivity index is 2.76. The SMILES string of the molecule is C=CC[N+](CCO)(CCO)CC(CC)CCc1cc(N)cc(Cl)c1. The molecule has 1 unspecified atom stereocenters. The van der Waals surface area contributed by atoms with Crippen LogP contribution < -0.4 is 5.73 Å². The Morgan fingerprint density at radius 2 is 1.92 bits per heavy atom. The molecule has 24 heavy (non-hydrogen) atoms. The van der Waals surface area contributed by atoms with Gasteiger partial charge in [0.05, 0.1) is 26.3 Å². The first-order valence-corrected chi connectivity index (χ1v) is 9.09. The predicted molar refractivity (Wildman–Crippen MR) is 102 cm³/mol. The van der Waals surface area contributed by atoms with Crippen LogP contribution in [0.15, 0.2) is 30.9 Å². The Hall–Kier alpha value is -1.07. The number of aliphatic hydroxyl groups is 2. The number of hydrogen-bond donors (Lipinski definition) is 3. The molecule has 0 radical (unpaired) electrons. The minimum Gasteiger partial charge on any atom is -0.399 e. The van der Waals surface area contributed by atoms with Crippen molar-refractivity contribution in [3.05, 3.63) is 41.4 Å². The third-order valence-electron chi connectivity index (χ3n) is 4.71. The van der Waals surface area contributed by atoms with E-state index in [1.54, 1.807) is 6.07 Å². The molecule has 4 N–H and O–H groups in total. The van der Waals surface area contributed by atoms with Gasteiger partial charge in [-0.3, -0.25) is 0 Å². The summed E-state index contributed by atoms with van der Waals surface area (Å²) in [5, 5.41) is 19.6. The van der Waals surface area contributed by atoms with Crippen molar-refractivity contribution in [3.63, 3.8) is 0 Å². The maximum Gasteiger partial charge on any atom is 0.102 e. The lowest BCUT2D eigenvalue weighted by atomic mass is 9.95. The number of quaternary nitrogens is 1. The van der Waals surface area contributed by atoms with Crippen LogP contribution in [0.25, 0.3) is 0 Å². The smallest absolute Gasteiger partial charge is 0.102 e. The number of aliphatic hydroxyl groups excluding tert-OH is 2. The molecule has 1 rings (SSSR count). The third kappa shape index (κ3) is 6.81. The van der Waals surface area contributed by atoms with E-state index >= 15 is 0 Å². The number of anilines is 1. The predicted octanol–water partition coefficient (Wildman–Crippen LogP) is 2.87. The molecule has 0 aliphatic carbocycles. The summed E-state index contributed by atoms with van der Waals surface area (Å²) in [6.07, 6.45) is 4.90. The Labute approximate surface area is 151 Å². The van der Waals surface area contributed by atoms with E-state index in [1.807, 2.05) is 18.2 Å². The summed E-state index contributed by atoms with van der Waals surface area (Å²) in [6, 6.07) is 5.71. The van der Waals surface area contributed by atoms with Crippen LogP contribution in [-0.4, -0.2) is 54.1 Å². The maximum absolute atomic E-state index is 9.45. The molecule has 4 nitrogen and oxygen atoms in total. The van der Waals surface area contributed by atoms with Gasteiger partial charge < -0.3 is 20.4 Å². The number of halogens is 1. The van der Waals surface area contributed by atoms with Gasteiger partial charge in [-0.1, -0.05) is 25.1 Å². The number of nitrogen functional groups attached to an aromatic ring is 1. The highest BCUT2D eigenvalue weighted by Gasteiger charge is 2.28. The average Bonchev–Trinajstić information content (AvgIpc) is 2.51. The van der Waals surface area contributed by atoms with Crippen molar-refractivity contribution in [1.29, 1.82) is 0 Å². The highest BCUT2D eigenvalue weighted by Crippen LogP contribution is 2.22. The molecular weight excluding hydrogens is 324 g/mol. The molecule has 0 saturated carbocycles. The number of benzene rings is 1. The standard InChI is InChI=1S/C19H32ClN2O2/c1-3-7-22(8-10-23,9-11-24)15-16(4-2)5-6-17-12-18(20)14-19(21)13-17/h3,12-14,16,23-24H,1,4-11,15,21H2,2H3/q+1. The Morgan fingerprint density at radius 1 is 1.25 bits per heavy atom. The summed E-state index contributed by atoms with van der Waals surface area (Å²) in [7, 11) is 0. The Kier molecular flexibility index (Phi) is 9.37. The van der Waals surface area contributed by atoms with E-state index in [4.69, 9.17) is 17.3 Å². The van der Waals surface area contributed by atoms with E-state index in [0.29, 0.717) is 34.2 Å². The van der Waals surface area contributed by atoms with Crippen LogP contribution in [0.4, 0.5) is 5.69 Å². The van der Waals surface area contributed by atoms with Gasteiger partial charge in [0.15, 0.2) is 0 Å². The van der Waals surface area contributed by atoms with E-state index in [-0.39, 0.29) is 13.2 Å². The second-order valence-corrected chi connectivity index (χ2v) is 7.03. The minimum absolute atomic E-state index is 0.120. The van der Waals surface area contributed by atoms with Crippen LogP contribution in [0, 0.1) is 5.92 Å². The van der Waals surface area contributed by atoms with E-state index in [0.717, 1.165) is 37.9 Å². The highest BCUT2D eigenvalue weighted by molar-refractivity contribution is 6.30. The largest absolute Gasteiger partial charge is 0.399 e. The van der Waals surface area contributed by atoms with Gasteiger partial charge in [0.1, 0.15) is 13.1 Å². The second-order valence-electron chi connectivity index (χ2n) is 6.60. The topological polar surface area (TPSA) is 66.5 Å². The van der Waals surface area contributed by atoms with Gasteiger partial charge in [0.25, 0.3) is 0 Å². The van der Waals surface area contributed by atoms with Crippen molar-refractivity contribution < 1.29 is 14.7 Å². The van der Waals surface area contributed by atoms with Gasteiger partial charge >= 0.3 is 0 Å². The van der Waals surface area contributed by atoms with Crippen molar-refractivity contribution in [3.8, 4) is 0 Å². The first kappa shape index (κ1) is 21.0. The van der Waals surface area contributed by atoms with Crippen molar-refractivity contribution in [2.45, 2.75) is 26.2 Å². The van der Waals surface area contributed by atoms with Crippen molar-refractivity contribution in [2.24, 2.45) is 5.92 Å². The monoisotopic (exact) mass is 355 g/mol.